The van der Waals surface area contributed by atoms with Crippen LogP contribution < -0.4 is 0 Å². The van der Waals surface area contributed by atoms with Crippen LogP contribution in [0.1, 0.15) is 11.1 Å². The molecule has 0 bridgehead atoms. The Labute approximate surface area is 154 Å². The van der Waals surface area contributed by atoms with Crippen molar-refractivity contribution in [3.63, 3.8) is 0 Å². The SMILES string of the molecule is O=S(=O)(Cc1ccccc1)N1C[C@H]2CN(Cc3ccc(Cl)cc3)[C@H]2C1. The van der Waals surface area contributed by atoms with Crippen LogP contribution in [0.4, 0.5) is 0 Å². The number of nitrogens with zero attached hydrogens (tertiary/aromatic N) is 2. The second kappa shape index (κ2) is 6.72. The molecule has 2 fully saturated rings. The molecule has 0 spiro atoms. The van der Waals surface area contributed by atoms with Gasteiger partial charge in [0.15, 0.2) is 0 Å². The quantitative estimate of drug-likeness (QED) is 0.805. The van der Waals surface area contributed by atoms with Crippen molar-refractivity contribution in [1.29, 1.82) is 0 Å². The Morgan fingerprint density at radius 2 is 1.64 bits per heavy atom. The molecule has 4 rings (SSSR count). The number of benzene rings is 2. The molecule has 2 atom stereocenters. The number of rotatable bonds is 5. The lowest BCUT2D eigenvalue weighted by molar-refractivity contribution is 0.0435. The summed E-state index contributed by atoms with van der Waals surface area (Å²) < 4.78 is 27.1. The van der Waals surface area contributed by atoms with Gasteiger partial charge in [0.05, 0.1) is 5.75 Å². The number of hydrogen-bond acceptors (Lipinski definition) is 3. The van der Waals surface area contributed by atoms with Crippen molar-refractivity contribution >= 4 is 21.6 Å². The lowest BCUT2D eigenvalue weighted by Crippen LogP contribution is -2.54. The van der Waals surface area contributed by atoms with E-state index in [1.165, 1.54) is 5.56 Å². The highest BCUT2D eigenvalue weighted by Gasteiger charge is 2.48. The predicted octanol–water partition coefficient (Wildman–Crippen LogP) is 2.99. The van der Waals surface area contributed by atoms with Crippen molar-refractivity contribution < 1.29 is 8.42 Å². The van der Waals surface area contributed by atoms with Gasteiger partial charge in [0, 0.05) is 43.2 Å². The van der Waals surface area contributed by atoms with Gasteiger partial charge in [0.2, 0.25) is 10.0 Å². The number of fused-ring (bicyclic) bond motifs is 1. The molecule has 0 amide bonds. The fraction of sp³-hybridized carbons (Fsp3) is 0.368. The van der Waals surface area contributed by atoms with E-state index in [1.54, 1.807) is 4.31 Å². The molecule has 0 radical (unpaired) electrons. The summed E-state index contributed by atoms with van der Waals surface area (Å²) in [5, 5.41) is 0.740. The van der Waals surface area contributed by atoms with Crippen molar-refractivity contribution in [2.75, 3.05) is 19.6 Å². The number of hydrogen-bond donors (Lipinski definition) is 0. The topological polar surface area (TPSA) is 40.6 Å². The largest absolute Gasteiger partial charge is 0.294 e. The minimum absolute atomic E-state index is 0.0878. The molecule has 0 saturated carbocycles. The monoisotopic (exact) mass is 376 g/mol. The van der Waals surface area contributed by atoms with Crippen LogP contribution in [0, 0.1) is 5.92 Å². The Hall–Kier alpha value is -1.40. The summed E-state index contributed by atoms with van der Waals surface area (Å²) in [6, 6.07) is 17.6. The molecule has 0 aromatic heterocycles. The van der Waals surface area contributed by atoms with E-state index in [-0.39, 0.29) is 5.75 Å². The van der Waals surface area contributed by atoms with Crippen LogP contribution in [0.25, 0.3) is 0 Å². The predicted molar refractivity (Wildman–Crippen MR) is 99.8 cm³/mol. The highest BCUT2D eigenvalue weighted by atomic mass is 35.5. The molecule has 2 aromatic rings. The van der Waals surface area contributed by atoms with Crippen LogP contribution >= 0.6 is 11.6 Å². The third-order valence-corrected chi connectivity index (χ3v) is 7.23. The first-order valence-electron chi connectivity index (χ1n) is 8.51. The van der Waals surface area contributed by atoms with Gasteiger partial charge in [-0.2, -0.15) is 4.31 Å². The van der Waals surface area contributed by atoms with Crippen LogP contribution in [-0.4, -0.2) is 43.3 Å². The molecule has 2 aromatic carbocycles. The Kier molecular flexibility index (Phi) is 4.58. The maximum Gasteiger partial charge on any atom is 0.218 e. The summed E-state index contributed by atoms with van der Waals surface area (Å²) in [7, 11) is -3.25. The maximum atomic E-state index is 12.7. The number of likely N-dealkylation sites (tertiary alicyclic amines) is 1. The molecule has 25 heavy (non-hydrogen) atoms. The Morgan fingerprint density at radius 3 is 2.36 bits per heavy atom. The molecule has 2 saturated heterocycles. The summed E-state index contributed by atoms with van der Waals surface area (Å²) in [5.41, 5.74) is 2.06. The van der Waals surface area contributed by atoms with E-state index in [0.29, 0.717) is 25.0 Å². The van der Waals surface area contributed by atoms with Gasteiger partial charge in [-0.1, -0.05) is 54.1 Å². The second-order valence-corrected chi connectivity index (χ2v) is 9.35. The molecule has 4 nitrogen and oxygen atoms in total. The average molecular weight is 377 g/mol. The lowest BCUT2D eigenvalue weighted by Gasteiger charge is -2.43. The van der Waals surface area contributed by atoms with Crippen LogP contribution in [0.2, 0.25) is 5.02 Å². The minimum Gasteiger partial charge on any atom is -0.294 e. The van der Waals surface area contributed by atoms with E-state index in [0.717, 1.165) is 23.7 Å². The number of halogens is 1. The fourth-order valence-corrected chi connectivity index (χ4v) is 5.54. The van der Waals surface area contributed by atoms with Gasteiger partial charge in [-0.3, -0.25) is 4.90 Å². The first-order chi connectivity index (χ1) is 12.0. The maximum absolute atomic E-state index is 12.7. The molecule has 6 heteroatoms. The molecule has 0 aliphatic carbocycles. The molecular formula is C19H21ClN2O2S. The zero-order chi connectivity index (χ0) is 17.4. The van der Waals surface area contributed by atoms with Gasteiger partial charge in [0.1, 0.15) is 0 Å². The number of sulfonamides is 1. The van der Waals surface area contributed by atoms with Crippen molar-refractivity contribution in [1.82, 2.24) is 9.21 Å². The van der Waals surface area contributed by atoms with E-state index in [2.05, 4.69) is 4.90 Å². The molecular weight excluding hydrogens is 356 g/mol. The lowest BCUT2D eigenvalue weighted by atomic mass is 9.91. The molecule has 0 unspecified atom stereocenters. The summed E-state index contributed by atoms with van der Waals surface area (Å²) in [5.74, 6) is 0.544. The van der Waals surface area contributed by atoms with Crippen LogP contribution in [0.15, 0.2) is 54.6 Å². The zero-order valence-electron chi connectivity index (χ0n) is 13.9. The Morgan fingerprint density at radius 1 is 0.920 bits per heavy atom. The van der Waals surface area contributed by atoms with Gasteiger partial charge in [0.25, 0.3) is 0 Å². The average Bonchev–Trinajstić information content (AvgIpc) is 2.93. The first-order valence-corrected chi connectivity index (χ1v) is 10.5. The summed E-state index contributed by atoms with van der Waals surface area (Å²) in [4.78, 5) is 2.37. The van der Waals surface area contributed by atoms with Crippen molar-refractivity contribution in [2.24, 2.45) is 5.92 Å². The standard InChI is InChI=1S/C19H21ClN2O2S/c20-18-8-6-15(7-9-18)10-21-11-17-12-22(13-19(17)21)25(23,24)14-16-4-2-1-3-5-16/h1-9,17,19H,10-14H2/t17-,19+/m1/s1. The molecule has 2 aliphatic rings. The molecule has 2 aliphatic heterocycles. The Balaban J connectivity index is 1.39. The van der Waals surface area contributed by atoms with Gasteiger partial charge in [-0.15, -0.1) is 0 Å². The normalized spacial score (nSPS) is 24.0. The van der Waals surface area contributed by atoms with Crippen molar-refractivity contribution in [3.05, 3.63) is 70.7 Å². The van der Waals surface area contributed by atoms with Crippen LogP contribution in [0.3, 0.4) is 0 Å². The minimum atomic E-state index is -3.25. The van der Waals surface area contributed by atoms with E-state index in [1.807, 2.05) is 54.6 Å². The van der Waals surface area contributed by atoms with Gasteiger partial charge in [-0.25, -0.2) is 8.42 Å². The summed E-state index contributed by atoms with van der Waals surface area (Å²) in [6.07, 6.45) is 0. The van der Waals surface area contributed by atoms with Gasteiger partial charge in [-0.05, 0) is 23.3 Å². The Bertz CT molecular complexity index is 839. The van der Waals surface area contributed by atoms with E-state index < -0.39 is 10.0 Å². The fourth-order valence-electron chi connectivity index (χ4n) is 3.82. The van der Waals surface area contributed by atoms with Crippen molar-refractivity contribution in [2.45, 2.75) is 18.3 Å². The van der Waals surface area contributed by atoms with Gasteiger partial charge >= 0.3 is 0 Å². The zero-order valence-corrected chi connectivity index (χ0v) is 15.5. The highest BCUT2D eigenvalue weighted by molar-refractivity contribution is 7.88. The van der Waals surface area contributed by atoms with E-state index in [4.69, 9.17) is 11.6 Å². The van der Waals surface area contributed by atoms with Gasteiger partial charge < -0.3 is 0 Å². The van der Waals surface area contributed by atoms with E-state index >= 15 is 0 Å². The summed E-state index contributed by atoms with van der Waals surface area (Å²) in [6.45, 7) is 3.07. The van der Waals surface area contributed by atoms with E-state index in [9.17, 15) is 8.42 Å². The molecule has 2 heterocycles. The van der Waals surface area contributed by atoms with Crippen LogP contribution in [0.5, 0.6) is 0 Å². The first kappa shape index (κ1) is 17.0. The van der Waals surface area contributed by atoms with Crippen molar-refractivity contribution in [3.8, 4) is 0 Å². The molecule has 132 valence electrons. The second-order valence-electron chi connectivity index (χ2n) is 6.94. The third-order valence-electron chi connectivity index (χ3n) is 5.20. The smallest absolute Gasteiger partial charge is 0.218 e. The third kappa shape index (κ3) is 3.60. The highest BCUT2D eigenvalue weighted by Crippen LogP contribution is 2.35. The van der Waals surface area contributed by atoms with Crippen LogP contribution in [-0.2, 0) is 22.3 Å². The molecule has 0 N–H and O–H groups in total. The summed E-state index contributed by atoms with van der Waals surface area (Å²) >= 11 is 5.93.